The number of rotatable bonds is 4. The van der Waals surface area contributed by atoms with Gasteiger partial charge in [0, 0.05) is 43.9 Å². The van der Waals surface area contributed by atoms with Gasteiger partial charge in [0.15, 0.2) is 0 Å². The first-order valence-corrected chi connectivity index (χ1v) is 9.49. The molecule has 1 aromatic rings. The molecule has 2 aliphatic heterocycles. The zero-order chi connectivity index (χ0) is 17.8. The van der Waals surface area contributed by atoms with E-state index in [0.29, 0.717) is 37.4 Å². The summed E-state index contributed by atoms with van der Waals surface area (Å²) in [5.41, 5.74) is 1.55. The molecule has 0 radical (unpaired) electrons. The minimum Gasteiger partial charge on any atom is -0.468 e. The second kappa shape index (κ2) is 7.91. The molecule has 0 saturated carbocycles. The Morgan fingerprint density at radius 1 is 1.32 bits per heavy atom. The van der Waals surface area contributed by atoms with E-state index < -0.39 is 0 Å². The van der Waals surface area contributed by atoms with E-state index in [-0.39, 0.29) is 23.0 Å². The zero-order valence-electron chi connectivity index (χ0n) is 14.3. The van der Waals surface area contributed by atoms with Gasteiger partial charge in [-0.2, -0.15) is 0 Å². The quantitative estimate of drug-likeness (QED) is 0.760. The molecule has 3 rings (SSSR count). The molecule has 2 saturated heterocycles. The van der Waals surface area contributed by atoms with Gasteiger partial charge in [-0.25, -0.2) is 0 Å². The van der Waals surface area contributed by atoms with Crippen LogP contribution in [0.3, 0.4) is 0 Å². The minimum atomic E-state index is -0.326. The molecule has 134 valence electrons. The number of thioether (sulfide) groups is 1. The number of carbonyl (C=O) groups excluding carboxylic acids is 3. The maximum Gasteiger partial charge on any atom is 0.320 e. The fourth-order valence-electron chi connectivity index (χ4n) is 3.18. The van der Waals surface area contributed by atoms with Gasteiger partial charge in [0.1, 0.15) is 5.25 Å². The summed E-state index contributed by atoms with van der Waals surface area (Å²) in [4.78, 5) is 39.8. The third kappa shape index (κ3) is 4.15. The number of nitrogens with zero attached hydrogens (tertiary/aromatic N) is 2. The number of hydrogen-bond acceptors (Lipinski definition) is 5. The Morgan fingerprint density at radius 3 is 2.88 bits per heavy atom. The Bertz CT molecular complexity index is 679. The second-order valence-electron chi connectivity index (χ2n) is 6.25. The first-order chi connectivity index (χ1) is 12.1. The van der Waals surface area contributed by atoms with Crippen molar-refractivity contribution in [1.82, 2.24) is 9.80 Å². The van der Waals surface area contributed by atoms with Crippen LogP contribution in [-0.2, 0) is 20.9 Å². The highest BCUT2D eigenvalue weighted by Gasteiger charge is 2.30. The summed E-state index contributed by atoms with van der Waals surface area (Å²) in [5.74, 6) is 0.520. The second-order valence-corrected chi connectivity index (χ2v) is 7.56. The Labute approximate surface area is 151 Å². The van der Waals surface area contributed by atoms with Crippen LogP contribution in [0.4, 0.5) is 0 Å². The van der Waals surface area contributed by atoms with Crippen molar-refractivity contribution < 1.29 is 19.1 Å². The molecule has 0 bridgehead atoms. The molecule has 0 aliphatic carbocycles. The molecular weight excluding hydrogens is 340 g/mol. The molecule has 0 aromatic heterocycles. The highest BCUT2D eigenvalue weighted by atomic mass is 32.2. The largest absolute Gasteiger partial charge is 0.468 e. The van der Waals surface area contributed by atoms with Crippen LogP contribution < -0.4 is 0 Å². The van der Waals surface area contributed by atoms with E-state index in [9.17, 15) is 14.4 Å². The van der Waals surface area contributed by atoms with Crippen molar-refractivity contribution in [3.8, 4) is 0 Å². The molecule has 2 amide bonds. The normalized spacial score (nSPS) is 20.7. The van der Waals surface area contributed by atoms with Gasteiger partial charge in [-0.3, -0.25) is 14.4 Å². The van der Waals surface area contributed by atoms with Gasteiger partial charge < -0.3 is 14.5 Å². The highest BCUT2D eigenvalue weighted by molar-refractivity contribution is 8.00. The van der Waals surface area contributed by atoms with E-state index in [4.69, 9.17) is 4.74 Å². The first-order valence-electron chi connectivity index (χ1n) is 8.44. The molecular formula is C18H22N2O4S. The number of likely N-dealkylation sites (tertiary alicyclic amines) is 1. The molecule has 2 fully saturated rings. The minimum absolute atomic E-state index is 0.0798. The van der Waals surface area contributed by atoms with Gasteiger partial charge in [0.2, 0.25) is 5.91 Å². The molecule has 2 aliphatic rings. The fourth-order valence-corrected chi connectivity index (χ4v) is 4.31. The van der Waals surface area contributed by atoms with Gasteiger partial charge >= 0.3 is 5.97 Å². The zero-order valence-corrected chi connectivity index (χ0v) is 15.1. The summed E-state index contributed by atoms with van der Waals surface area (Å²) in [6, 6.07) is 7.42. The van der Waals surface area contributed by atoms with E-state index >= 15 is 0 Å². The van der Waals surface area contributed by atoms with Crippen LogP contribution in [0, 0.1) is 0 Å². The third-order valence-electron chi connectivity index (χ3n) is 4.54. The summed E-state index contributed by atoms with van der Waals surface area (Å²) in [5, 5.41) is -0.326. The molecule has 25 heavy (non-hydrogen) atoms. The van der Waals surface area contributed by atoms with Crippen LogP contribution in [0.15, 0.2) is 24.3 Å². The van der Waals surface area contributed by atoms with Crippen LogP contribution in [0.1, 0.15) is 28.8 Å². The summed E-state index contributed by atoms with van der Waals surface area (Å²) < 4.78 is 4.79. The van der Waals surface area contributed by atoms with Crippen LogP contribution in [0.2, 0.25) is 0 Å². The fraction of sp³-hybridized carbons (Fsp3) is 0.500. The SMILES string of the molecule is COC(=O)[C@H]1CN(C(=O)c2cccc(CN3CCCC3=O)c2)CCS1. The van der Waals surface area contributed by atoms with Gasteiger partial charge in [0.05, 0.1) is 7.11 Å². The predicted molar refractivity (Wildman–Crippen MR) is 95.3 cm³/mol. The van der Waals surface area contributed by atoms with Crippen LogP contribution in [-0.4, -0.2) is 65.3 Å². The standard InChI is InChI=1S/C18H22N2O4S/c1-24-18(23)15-12-20(8-9-25-15)17(22)14-5-2-4-13(10-14)11-19-7-3-6-16(19)21/h2,4-5,10,15H,3,6-9,11-12H2,1H3/t15-/m1/s1. The number of ether oxygens (including phenoxy) is 1. The maximum atomic E-state index is 12.8. The van der Waals surface area contributed by atoms with Crippen molar-refractivity contribution in [1.29, 1.82) is 0 Å². The summed E-state index contributed by atoms with van der Waals surface area (Å²) >= 11 is 1.52. The van der Waals surface area contributed by atoms with Crippen molar-refractivity contribution in [2.75, 3.05) is 32.5 Å². The Hall–Kier alpha value is -2.02. The molecule has 0 spiro atoms. The van der Waals surface area contributed by atoms with Gasteiger partial charge in [-0.15, -0.1) is 11.8 Å². The van der Waals surface area contributed by atoms with Gasteiger partial charge in [0.25, 0.3) is 5.91 Å². The van der Waals surface area contributed by atoms with Crippen molar-refractivity contribution in [3.63, 3.8) is 0 Å². The first kappa shape index (κ1) is 17.8. The molecule has 6 nitrogen and oxygen atoms in total. The molecule has 7 heteroatoms. The van der Waals surface area contributed by atoms with Crippen molar-refractivity contribution in [2.24, 2.45) is 0 Å². The van der Waals surface area contributed by atoms with Crippen molar-refractivity contribution >= 4 is 29.5 Å². The molecule has 1 atom stereocenters. The monoisotopic (exact) mass is 362 g/mol. The lowest BCUT2D eigenvalue weighted by Crippen LogP contribution is -2.45. The third-order valence-corrected chi connectivity index (χ3v) is 5.70. The number of carbonyl (C=O) groups is 3. The van der Waals surface area contributed by atoms with Gasteiger partial charge in [-0.1, -0.05) is 12.1 Å². The van der Waals surface area contributed by atoms with E-state index in [1.165, 1.54) is 18.9 Å². The topological polar surface area (TPSA) is 66.9 Å². The number of amides is 2. The smallest absolute Gasteiger partial charge is 0.320 e. The maximum absolute atomic E-state index is 12.8. The molecule has 0 unspecified atom stereocenters. The lowest BCUT2D eigenvalue weighted by Gasteiger charge is -2.31. The van der Waals surface area contributed by atoms with Crippen LogP contribution in [0.25, 0.3) is 0 Å². The Kier molecular flexibility index (Phi) is 5.63. The van der Waals surface area contributed by atoms with E-state index in [0.717, 1.165) is 18.5 Å². The highest BCUT2D eigenvalue weighted by Crippen LogP contribution is 2.22. The summed E-state index contributed by atoms with van der Waals surface area (Å²) in [6.07, 6.45) is 1.51. The average Bonchev–Trinajstić information content (AvgIpc) is 3.05. The number of benzene rings is 1. The summed E-state index contributed by atoms with van der Waals surface area (Å²) in [6.45, 7) is 2.30. The molecule has 0 N–H and O–H groups in total. The van der Waals surface area contributed by atoms with Crippen molar-refractivity contribution in [3.05, 3.63) is 35.4 Å². The lowest BCUT2D eigenvalue weighted by atomic mass is 10.1. The predicted octanol–water partition coefficient (Wildman–Crippen LogP) is 1.54. The molecule has 1 aromatic carbocycles. The number of hydrogen-bond donors (Lipinski definition) is 0. The van der Waals surface area contributed by atoms with Gasteiger partial charge in [-0.05, 0) is 24.1 Å². The number of methoxy groups -OCH3 is 1. The summed E-state index contributed by atoms with van der Waals surface area (Å²) in [7, 11) is 1.37. The number of esters is 1. The Balaban J connectivity index is 1.68. The van der Waals surface area contributed by atoms with Crippen LogP contribution in [0.5, 0.6) is 0 Å². The Morgan fingerprint density at radius 2 is 2.16 bits per heavy atom. The lowest BCUT2D eigenvalue weighted by molar-refractivity contribution is -0.140. The van der Waals surface area contributed by atoms with E-state index in [1.807, 2.05) is 23.1 Å². The molecule has 2 heterocycles. The van der Waals surface area contributed by atoms with E-state index in [1.54, 1.807) is 11.0 Å². The van der Waals surface area contributed by atoms with Crippen molar-refractivity contribution in [2.45, 2.75) is 24.6 Å². The van der Waals surface area contributed by atoms with E-state index in [2.05, 4.69) is 0 Å². The van der Waals surface area contributed by atoms with Crippen LogP contribution >= 0.6 is 11.8 Å². The average molecular weight is 362 g/mol.